The van der Waals surface area contributed by atoms with Crippen molar-refractivity contribution in [1.82, 2.24) is 10.6 Å². The first-order chi connectivity index (χ1) is 6.36. The highest BCUT2D eigenvalue weighted by Gasteiger charge is 2.13. The van der Waals surface area contributed by atoms with Gasteiger partial charge in [-0.2, -0.15) is 0 Å². The molecule has 0 bridgehead atoms. The average molecular weight is 278 g/mol. The molecule has 0 aromatic heterocycles. The maximum Gasteiger partial charge on any atom is 0.0447 e. The van der Waals surface area contributed by atoms with Crippen molar-refractivity contribution < 1.29 is 0 Å². The van der Waals surface area contributed by atoms with Gasteiger partial charge in [0, 0.05) is 30.1 Å². The second-order valence-corrected chi connectivity index (χ2v) is 4.18. The number of benzene rings is 1. The fraction of sp³-hybridized carbons (Fsp3) is 0.400. The Labute approximate surface area is 99.0 Å². The molecule has 1 fully saturated rings. The van der Waals surface area contributed by atoms with Crippen LogP contribution in [0.5, 0.6) is 0 Å². The van der Waals surface area contributed by atoms with Crippen LogP contribution in [0.1, 0.15) is 11.6 Å². The molecule has 14 heavy (non-hydrogen) atoms. The standard InChI is InChI=1S/C10H13BrN2.ClH/c11-9-3-1-8(2-4-9)10-7-12-5-6-13-10;/h1-4,10,12-13H,5-7H2;1H/t10-;/m0./s1. The summed E-state index contributed by atoms with van der Waals surface area (Å²) in [4.78, 5) is 0. The molecule has 0 aliphatic carbocycles. The summed E-state index contributed by atoms with van der Waals surface area (Å²) in [7, 11) is 0. The van der Waals surface area contributed by atoms with Crippen molar-refractivity contribution >= 4 is 28.3 Å². The zero-order valence-corrected chi connectivity index (χ0v) is 10.2. The summed E-state index contributed by atoms with van der Waals surface area (Å²) in [6.45, 7) is 3.16. The van der Waals surface area contributed by atoms with E-state index in [1.54, 1.807) is 0 Å². The molecule has 2 N–H and O–H groups in total. The fourth-order valence-electron chi connectivity index (χ4n) is 1.58. The summed E-state index contributed by atoms with van der Waals surface area (Å²) >= 11 is 3.43. The van der Waals surface area contributed by atoms with Crippen molar-refractivity contribution in [3.8, 4) is 0 Å². The molecule has 0 radical (unpaired) electrons. The fourth-order valence-corrected chi connectivity index (χ4v) is 1.85. The molecule has 0 saturated carbocycles. The summed E-state index contributed by atoms with van der Waals surface area (Å²) in [6.07, 6.45) is 0. The van der Waals surface area contributed by atoms with Crippen LogP contribution in [-0.4, -0.2) is 19.6 Å². The van der Waals surface area contributed by atoms with Gasteiger partial charge in [-0.25, -0.2) is 0 Å². The van der Waals surface area contributed by atoms with Crippen molar-refractivity contribution in [2.24, 2.45) is 0 Å². The Hall–Kier alpha value is -0.0900. The lowest BCUT2D eigenvalue weighted by atomic mass is 10.1. The first-order valence-corrected chi connectivity index (χ1v) is 5.35. The van der Waals surface area contributed by atoms with E-state index in [2.05, 4.69) is 50.8 Å². The Morgan fingerprint density at radius 2 is 1.86 bits per heavy atom. The quantitative estimate of drug-likeness (QED) is 0.821. The van der Waals surface area contributed by atoms with Gasteiger partial charge in [0.25, 0.3) is 0 Å². The molecule has 78 valence electrons. The summed E-state index contributed by atoms with van der Waals surface area (Å²) in [5.74, 6) is 0. The summed E-state index contributed by atoms with van der Waals surface area (Å²) in [5, 5.41) is 6.85. The lowest BCUT2D eigenvalue weighted by Crippen LogP contribution is -2.42. The summed E-state index contributed by atoms with van der Waals surface area (Å²) in [5.41, 5.74) is 1.36. The van der Waals surface area contributed by atoms with Crippen LogP contribution in [0.3, 0.4) is 0 Å². The van der Waals surface area contributed by atoms with E-state index in [0.29, 0.717) is 6.04 Å². The molecule has 1 saturated heterocycles. The van der Waals surface area contributed by atoms with Gasteiger partial charge in [0.1, 0.15) is 0 Å². The van der Waals surface area contributed by atoms with E-state index in [0.717, 1.165) is 24.1 Å². The lowest BCUT2D eigenvalue weighted by molar-refractivity contribution is 0.430. The highest BCUT2D eigenvalue weighted by atomic mass is 79.9. The maximum absolute atomic E-state index is 3.48. The first kappa shape index (κ1) is 12.0. The van der Waals surface area contributed by atoms with E-state index in [1.165, 1.54) is 5.56 Å². The van der Waals surface area contributed by atoms with E-state index in [-0.39, 0.29) is 12.4 Å². The van der Waals surface area contributed by atoms with Gasteiger partial charge in [-0.05, 0) is 17.7 Å². The Balaban J connectivity index is 0.000000980. The van der Waals surface area contributed by atoms with Gasteiger partial charge < -0.3 is 10.6 Å². The number of piperazine rings is 1. The number of rotatable bonds is 1. The van der Waals surface area contributed by atoms with Gasteiger partial charge >= 0.3 is 0 Å². The molecule has 2 nitrogen and oxygen atoms in total. The lowest BCUT2D eigenvalue weighted by Gasteiger charge is -2.24. The third kappa shape index (κ3) is 2.95. The Morgan fingerprint density at radius 3 is 2.43 bits per heavy atom. The van der Waals surface area contributed by atoms with E-state index < -0.39 is 0 Å². The highest BCUT2D eigenvalue weighted by molar-refractivity contribution is 9.10. The van der Waals surface area contributed by atoms with Crippen LogP contribution in [0.4, 0.5) is 0 Å². The van der Waals surface area contributed by atoms with E-state index in [9.17, 15) is 0 Å². The van der Waals surface area contributed by atoms with Crippen LogP contribution in [0.15, 0.2) is 28.7 Å². The van der Waals surface area contributed by atoms with Crippen molar-refractivity contribution in [3.05, 3.63) is 34.3 Å². The predicted octanol–water partition coefficient (Wildman–Crippen LogP) is 2.10. The molecule has 1 atom stereocenters. The molecule has 1 aromatic rings. The summed E-state index contributed by atoms with van der Waals surface area (Å²) < 4.78 is 1.14. The topological polar surface area (TPSA) is 24.1 Å². The predicted molar refractivity (Wildman–Crippen MR) is 65.0 cm³/mol. The van der Waals surface area contributed by atoms with Gasteiger partial charge in [0.05, 0.1) is 0 Å². The van der Waals surface area contributed by atoms with Crippen LogP contribution in [-0.2, 0) is 0 Å². The third-order valence-electron chi connectivity index (χ3n) is 2.31. The Morgan fingerprint density at radius 1 is 1.14 bits per heavy atom. The Kier molecular flexibility index (Phi) is 4.89. The smallest absolute Gasteiger partial charge is 0.0447 e. The number of halogens is 2. The molecule has 1 heterocycles. The van der Waals surface area contributed by atoms with Crippen molar-refractivity contribution in [2.45, 2.75) is 6.04 Å². The second-order valence-electron chi connectivity index (χ2n) is 3.26. The molecule has 2 rings (SSSR count). The van der Waals surface area contributed by atoms with Crippen LogP contribution < -0.4 is 10.6 Å². The highest BCUT2D eigenvalue weighted by Crippen LogP contribution is 2.17. The molecule has 4 heteroatoms. The van der Waals surface area contributed by atoms with Crippen LogP contribution in [0, 0.1) is 0 Å². The van der Waals surface area contributed by atoms with Crippen LogP contribution in [0.25, 0.3) is 0 Å². The second kappa shape index (κ2) is 5.71. The number of hydrogen-bond donors (Lipinski definition) is 2. The monoisotopic (exact) mass is 276 g/mol. The minimum absolute atomic E-state index is 0. The van der Waals surface area contributed by atoms with Crippen LogP contribution >= 0.6 is 28.3 Å². The van der Waals surface area contributed by atoms with E-state index >= 15 is 0 Å². The van der Waals surface area contributed by atoms with E-state index in [4.69, 9.17) is 0 Å². The molecule has 0 unspecified atom stereocenters. The minimum atomic E-state index is 0. The zero-order chi connectivity index (χ0) is 9.10. The molecule has 1 aliphatic heterocycles. The average Bonchev–Trinajstić information content (AvgIpc) is 2.20. The van der Waals surface area contributed by atoms with Gasteiger partial charge in [-0.3, -0.25) is 0 Å². The number of nitrogens with one attached hydrogen (secondary N) is 2. The maximum atomic E-state index is 3.48. The zero-order valence-electron chi connectivity index (χ0n) is 7.79. The van der Waals surface area contributed by atoms with Gasteiger partial charge in [0.2, 0.25) is 0 Å². The minimum Gasteiger partial charge on any atom is -0.314 e. The van der Waals surface area contributed by atoms with E-state index in [1.807, 2.05) is 0 Å². The SMILES string of the molecule is Brc1ccc([C@@H]2CNCCN2)cc1.Cl. The Bertz CT molecular complexity index is 270. The molecule has 1 aliphatic rings. The third-order valence-corrected chi connectivity index (χ3v) is 2.84. The molecule has 1 aromatic carbocycles. The van der Waals surface area contributed by atoms with Crippen molar-refractivity contribution in [1.29, 1.82) is 0 Å². The van der Waals surface area contributed by atoms with Gasteiger partial charge in [-0.1, -0.05) is 28.1 Å². The van der Waals surface area contributed by atoms with Crippen molar-refractivity contribution in [2.75, 3.05) is 19.6 Å². The van der Waals surface area contributed by atoms with Crippen molar-refractivity contribution in [3.63, 3.8) is 0 Å². The molecular formula is C10H14BrClN2. The first-order valence-electron chi connectivity index (χ1n) is 4.56. The van der Waals surface area contributed by atoms with Crippen LogP contribution in [0.2, 0.25) is 0 Å². The normalized spacial score (nSPS) is 21.4. The molecular weight excluding hydrogens is 263 g/mol. The molecule has 0 amide bonds. The molecule has 0 spiro atoms. The largest absolute Gasteiger partial charge is 0.314 e. The van der Waals surface area contributed by atoms with Gasteiger partial charge in [-0.15, -0.1) is 12.4 Å². The van der Waals surface area contributed by atoms with Gasteiger partial charge in [0.15, 0.2) is 0 Å². The summed E-state index contributed by atoms with van der Waals surface area (Å²) in [6, 6.07) is 8.97. The number of hydrogen-bond acceptors (Lipinski definition) is 2.